The Morgan fingerprint density at radius 2 is 2.15 bits per heavy atom. The van der Waals surface area contributed by atoms with Crippen LogP contribution in [0.5, 0.6) is 0 Å². The summed E-state index contributed by atoms with van der Waals surface area (Å²) >= 11 is 0. The second-order valence-corrected chi connectivity index (χ2v) is 5.06. The lowest BCUT2D eigenvalue weighted by Crippen LogP contribution is -2.03. The van der Waals surface area contributed by atoms with Crippen molar-refractivity contribution >= 4 is 11.0 Å². The second kappa shape index (κ2) is 4.74. The van der Waals surface area contributed by atoms with Gasteiger partial charge in [0.05, 0.1) is 22.3 Å². The van der Waals surface area contributed by atoms with E-state index >= 15 is 0 Å². The first-order valence-electron chi connectivity index (χ1n) is 6.73. The summed E-state index contributed by atoms with van der Waals surface area (Å²) in [6, 6.07) is 4.81. The molecule has 3 aromatic rings. The van der Waals surface area contributed by atoms with Crippen LogP contribution in [0.25, 0.3) is 22.4 Å². The number of benzene rings is 1. The van der Waals surface area contributed by atoms with E-state index in [4.69, 9.17) is 4.52 Å². The van der Waals surface area contributed by atoms with Gasteiger partial charge in [-0.1, -0.05) is 12.1 Å². The highest BCUT2D eigenvalue weighted by Gasteiger charge is 2.19. The maximum atomic E-state index is 13.5. The highest BCUT2D eigenvalue weighted by molar-refractivity contribution is 5.81. The lowest BCUT2D eigenvalue weighted by atomic mass is 10.2. The van der Waals surface area contributed by atoms with E-state index < -0.39 is 0 Å². The van der Waals surface area contributed by atoms with Gasteiger partial charge in [0.2, 0.25) is 0 Å². The molecule has 3 rings (SSSR count). The molecular formula is C15H16FN3O. The third kappa shape index (κ3) is 1.90. The average molecular weight is 273 g/mol. The summed E-state index contributed by atoms with van der Waals surface area (Å²) in [4.78, 5) is 4.62. The molecule has 5 heteroatoms. The highest BCUT2D eigenvalue weighted by atomic mass is 19.1. The van der Waals surface area contributed by atoms with Crippen LogP contribution in [0.3, 0.4) is 0 Å². The zero-order chi connectivity index (χ0) is 14.3. The van der Waals surface area contributed by atoms with Crippen LogP contribution in [-0.4, -0.2) is 14.7 Å². The van der Waals surface area contributed by atoms with E-state index in [1.807, 2.05) is 11.5 Å². The van der Waals surface area contributed by atoms with Crippen molar-refractivity contribution in [3.05, 3.63) is 36.0 Å². The van der Waals surface area contributed by atoms with E-state index in [1.165, 1.54) is 12.1 Å². The Labute approximate surface area is 116 Å². The molecule has 0 saturated heterocycles. The minimum Gasteiger partial charge on any atom is -0.364 e. The minimum absolute atomic E-state index is 0.163. The molecule has 2 heterocycles. The Morgan fingerprint density at radius 1 is 1.35 bits per heavy atom. The highest BCUT2D eigenvalue weighted by Crippen LogP contribution is 2.30. The zero-order valence-corrected chi connectivity index (χ0v) is 11.7. The molecule has 104 valence electrons. The number of rotatable bonds is 3. The van der Waals surface area contributed by atoms with Gasteiger partial charge in [-0.15, -0.1) is 0 Å². The van der Waals surface area contributed by atoms with Crippen LogP contribution in [0, 0.1) is 5.82 Å². The van der Waals surface area contributed by atoms with E-state index in [1.54, 1.807) is 12.3 Å². The molecule has 0 atom stereocenters. The number of imidazole rings is 1. The van der Waals surface area contributed by atoms with Crippen molar-refractivity contribution in [3.8, 4) is 11.4 Å². The molecule has 0 amide bonds. The van der Waals surface area contributed by atoms with Gasteiger partial charge in [0.15, 0.2) is 0 Å². The predicted octanol–water partition coefficient (Wildman–Crippen LogP) is 3.97. The number of hydrogen-bond acceptors (Lipinski definition) is 3. The predicted molar refractivity (Wildman–Crippen MR) is 75.0 cm³/mol. The van der Waals surface area contributed by atoms with E-state index in [-0.39, 0.29) is 11.9 Å². The Hall–Kier alpha value is -2.17. The van der Waals surface area contributed by atoms with Gasteiger partial charge in [-0.2, -0.15) is 0 Å². The van der Waals surface area contributed by atoms with Crippen molar-refractivity contribution in [2.45, 2.75) is 33.2 Å². The molecule has 0 N–H and O–H groups in total. The monoisotopic (exact) mass is 273 g/mol. The number of halogens is 1. The van der Waals surface area contributed by atoms with Crippen LogP contribution >= 0.6 is 0 Å². The third-order valence-electron chi connectivity index (χ3n) is 3.39. The van der Waals surface area contributed by atoms with E-state index in [2.05, 4.69) is 24.0 Å². The fourth-order valence-electron chi connectivity index (χ4n) is 2.48. The van der Waals surface area contributed by atoms with Crippen molar-refractivity contribution in [2.75, 3.05) is 0 Å². The van der Waals surface area contributed by atoms with E-state index in [0.717, 1.165) is 34.5 Å². The van der Waals surface area contributed by atoms with Gasteiger partial charge in [-0.25, -0.2) is 9.37 Å². The maximum absolute atomic E-state index is 13.5. The number of hydrogen-bond donors (Lipinski definition) is 0. The molecule has 0 radical (unpaired) electrons. The molecule has 2 aromatic heterocycles. The smallest absolute Gasteiger partial charge is 0.146 e. The van der Waals surface area contributed by atoms with Gasteiger partial charge in [0.25, 0.3) is 0 Å². The fraction of sp³-hybridized carbons (Fsp3) is 0.333. The topological polar surface area (TPSA) is 43.9 Å². The minimum atomic E-state index is -0.258. The average Bonchev–Trinajstić information content (AvgIpc) is 3.00. The van der Waals surface area contributed by atoms with Crippen LogP contribution in [0.2, 0.25) is 0 Å². The summed E-state index contributed by atoms with van der Waals surface area (Å²) in [5, 5.41) is 4.00. The maximum Gasteiger partial charge on any atom is 0.146 e. The first-order chi connectivity index (χ1) is 9.61. The molecule has 0 saturated carbocycles. The number of aromatic nitrogens is 3. The van der Waals surface area contributed by atoms with Crippen LogP contribution in [0.15, 0.2) is 29.0 Å². The lowest BCUT2D eigenvalue weighted by Gasteiger charge is -2.12. The third-order valence-corrected chi connectivity index (χ3v) is 3.39. The molecule has 0 aliphatic heterocycles. The van der Waals surface area contributed by atoms with Crippen molar-refractivity contribution in [3.63, 3.8) is 0 Å². The molecule has 0 aliphatic rings. The number of aryl methyl sites for hydroxylation is 1. The van der Waals surface area contributed by atoms with E-state index in [0.29, 0.717) is 0 Å². The Bertz CT molecular complexity index is 758. The summed E-state index contributed by atoms with van der Waals surface area (Å²) < 4.78 is 20.6. The van der Waals surface area contributed by atoms with Gasteiger partial charge in [-0.3, -0.25) is 0 Å². The molecule has 0 fully saturated rings. The van der Waals surface area contributed by atoms with Gasteiger partial charge < -0.3 is 9.09 Å². The fourth-order valence-corrected chi connectivity index (χ4v) is 2.48. The number of fused-ring (bicyclic) bond motifs is 1. The number of nitrogens with zero attached hydrogens (tertiary/aromatic N) is 3. The summed E-state index contributed by atoms with van der Waals surface area (Å²) in [5.41, 5.74) is 3.30. The molecule has 0 spiro atoms. The molecule has 0 aliphatic carbocycles. The van der Waals surface area contributed by atoms with Crippen molar-refractivity contribution < 1.29 is 8.91 Å². The largest absolute Gasteiger partial charge is 0.364 e. The first-order valence-corrected chi connectivity index (χ1v) is 6.73. The lowest BCUT2D eigenvalue weighted by molar-refractivity contribution is 0.412. The van der Waals surface area contributed by atoms with Crippen molar-refractivity contribution in [1.82, 2.24) is 14.7 Å². The molecule has 20 heavy (non-hydrogen) atoms. The van der Waals surface area contributed by atoms with Crippen molar-refractivity contribution in [1.29, 1.82) is 0 Å². The Balaban J connectivity index is 2.33. The first kappa shape index (κ1) is 12.8. The summed E-state index contributed by atoms with van der Waals surface area (Å²) in [6.45, 7) is 6.12. The summed E-state index contributed by atoms with van der Waals surface area (Å²) in [5.74, 6) is 0.519. The summed E-state index contributed by atoms with van der Waals surface area (Å²) in [7, 11) is 0. The Kier molecular flexibility index (Phi) is 3.04. The van der Waals surface area contributed by atoms with Crippen LogP contribution in [0.4, 0.5) is 4.39 Å². The summed E-state index contributed by atoms with van der Waals surface area (Å²) in [6.07, 6.45) is 2.37. The normalized spacial score (nSPS) is 11.7. The molecule has 1 aromatic carbocycles. The van der Waals surface area contributed by atoms with Gasteiger partial charge in [0, 0.05) is 6.04 Å². The quantitative estimate of drug-likeness (QED) is 0.725. The molecular weight excluding hydrogens is 257 g/mol. The standard InChI is InChI=1S/C15H16FN3O/c1-4-12-11(8-20-18-12)15-17-13-6-5-10(16)7-14(13)19(15)9(2)3/h5-9H,4H2,1-3H3. The van der Waals surface area contributed by atoms with E-state index in [9.17, 15) is 4.39 Å². The van der Waals surface area contributed by atoms with Crippen LogP contribution < -0.4 is 0 Å². The van der Waals surface area contributed by atoms with Gasteiger partial charge >= 0.3 is 0 Å². The zero-order valence-electron chi connectivity index (χ0n) is 11.7. The van der Waals surface area contributed by atoms with Gasteiger partial charge in [-0.05, 0) is 38.5 Å². The van der Waals surface area contributed by atoms with Crippen LogP contribution in [-0.2, 0) is 6.42 Å². The SMILES string of the molecule is CCc1nocc1-c1nc2ccc(F)cc2n1C(C)C. The Morgan fingerprint density at radius 3 is 2.85 bits per heavy atom. The van der Waals surface area contributed by atoms with Crippen molar-refractivity contribution in [2.24, 2.45) is 0 Å². The second-order valence-electron chi connectivity index (χ2n) is 5.06. The van der Waals surface area contributed by atoms with Gasteiger partial charge in [0.1, 0.15) is 17.9 Å². The molecule has 0 bridgehead atoms. The molecule has 4 nitrogen and oxygen atoms in total. The van der Waals surface area contributed by atoms with Crippen LogP contribution in [0.1, 0.15) is 32.5 Å². The molecule has 0 unspecified atom stereocenters.